The van der Waals surface area contributed by atoms with Crippen molar-refractivity contribution < 1.29 is 4.74 Å². The molecule has 2 aromatic rings. The minimum absolute atomic E-state index is 0.282. The molecule has 0 bridgehead atoms. The van der Waals surface area contributed by atoms with Gasteiger partial charge in [0, 0.05) is 23.9 Å². The molecule has 0 spiro atoms. The highest BCUT2D eigenvalue weighted by molar-refractivity contribution is 5.25. The minimum Gasteiger partial charge on any atom is -0.497 e. The van der Waals surface area contributed by atoms with Crippen LogP contribution in [0.15, 0.2) is 30.5 Å². The van der Waals surface area contributed by atoms with Crippen LogP contribution in [0.4, 0.5) is 0 Å². The Bertz CT molecular complexity index is 552. The molecule has 2 aromatic heterocycles. The zero-order valence-electron chi connectivity index (χ0n) is 12.5. The van der Waals surface area contributed by atoms with Gasteiger partial charge in [0.2, 0.25) is 0 Å². The van der Waals surface area contributed by atoms with Crippen LogP contribution in [0.3, 0.4) is 0 Å². The Morgan fingerprint density at radius 2 is 1.85 bits per heavy atom. The lowest BCUT2D eigenvalue weighted by atomic mass is 10.0. The average molecular weight is 271 g/mol. The molecular formula is C16H21N3O. The van der Waals surface area contributed by atoms with Crippen LogP contribution in [0.1, 0.15) is 49.7 Å². The van der Waals surface area contributed by atoms with Gasteiger partial charge in [-0.05, 0) is 30.5 Å². The van der Waals surface area contributed by atoms with Crippen LogP contribution in [-0.2, 0) is 6.42 Å². The number of pyridine rings is 1. The van der Waals surface area contributed by atoms with Crippen LogP contribution in [0.25, 0.3) is 0 Å². The molecule has 1 atom stereocenters. The van der Waals surface area contributed by atoms with Gasteiger partial charge >= 0.3 is 0 Å². The molecule has 0 N–H and O–H groups in total. The quantitative estimate of drug-likeness (QED) is 0.836. The molecule has 4 nitrogen and oxygen atoms in total. The normalized spacial score (nSPS) is 12.4. The molecule has 106 valence electrons. The SMILES string of the molecule is COc1ccnc(C(C)Cc2ccc(C(C)C)nn2)c1. The van der Waals surface area contributed by atoms with Crippen molar-refractivity contribution in [3.05, 3.63) is 47.5 Å². The van der Waals surface area contributed by atoms with Crippen molar-refractivity contribution in [1.82, 2.24) is 15.2 Å². The average Bonchev–Trinajstić information content (AvgIpc) is 2.47. The van der Waals surface area contributed by atoms with Crippen molar-refractivity contribution in [3.63, 3.8) is 0 Å². The van der Waals surface area contributed by atoms with E-state index in [9.17, 15) is 0 Å². The second-order valence-electron chi connectivity index (χ2n) is 5.33. The van der Waals surface area contributed by atoms with Crippen LogP contribution >= 0.6 is 0 Å². The number of nitrogens with zero attached hydrogens (tertiary/aromatic N) is 3. The van der Waals surface area contributed by atoms with Crippen LogP contribution in [0.5, 0.6) is 5.75 Å². The molecule has 0 saturated heterocycles. The summed E-state index contributed by atoms with van der Waals surface area (Å²) in [6, 6.07) is 7.94. The number of methoxy groups -OCH3 is 1. The molecule has 0 radical (unpaired) electrons. The van der Waals surface area contributed by atoms with Gasteiger partial charge in [0.05, 0.1) is 18.5 Å². The molecule has 0 aliphatic heterocycles. The molecule has 0 aliphatic carbocycles. The standard InChI is InChI=1S/C16H21N3O/c1-11(2)15-6-5-13(18-19-15)9-12(3)16-10-14(20-4)7-8-17-16/h5-8,10-12H,9H2,1-4H3. The van der Waals surface area contributed by atoms with E-state index in [1.165, 1.54) is 0 Å². The Hall–Kier alpha value is -1.97. The van der Waals surface area contributed by atoms with Gasteiger partial charge in [-0.3, -0.25) is 4.98 Å². The van der Waals surface area contributed by atoms with Gasteiger partial charge in [0.25, 0.3) is 0 Å². The van der Waals surface area contributed by atoms with Gasteiger partial charge in [-0.1, -0.05) is 20.8 Å². The van der Waals surface area contributed by atoms with E-state index in [1.54, 1.807) is 13.3 Å². The fourth-order valence-electron chi connectivity index (χ4n) is 2.03. The maximum Gasteiger partial charge on any atom is 0.122 e. The van der Waals surface area contributed by atoms with E-state index in [-0.39, 0.29) is 5.92 Å². The first kappa shape index (κ1) is 14.4. The van der Waals surface area contributed by atoms with Crippen LogP contribution in [0.2, 0.25) is 0 Å². The molecule has 0 amide bonds. The second kappa shape index (κ2) is 6.46. The van der Waals surface area contributed by atoms with Crippen molar-refractivity contribution in [2.45, 2.75) is 39.0 Å². The van der Waals surface area contributed by atoms with Gasteiger partial charge in [0.15, 0.2) is 0 Å². The van der Waals surface area contributed by atoms with Crippen molar-refractivity contribution in [2.24, 2.45) is 0 Å². The van der Waals surface area contributed by atoms with E-state index in [2.05, 4.69) is 48.1 Å². The highest BCUT2D eigenvalue weighted by Crippen LogP contribution is 2.21. The van der Waals surface area contributed by atoms with Crippen molar-refractivity contribution in [2.75, 3.05) is 7.11 Å². The molecule has 1 unspecified atom stereocenters. The van der Waals surface area contributed by atoms with Gasteiger partial charge in [-0.25, -0.2) is 0 Å². The van der Waals surface area contributed by atoms with Crippen LogP contribution in [-0.4, -0.2) is 22.3 Å². The zero-order valence-corrected chi connectivity index (χ0v) is 12.5. The number of hydrogen-bond acceptors (Lipinski definition) is 4. The third-order valence-corrected chi connectivity index (χ3v) is 3.34. The lowest BCUT2D eigenvalue weighted by Gasteiger charge is -2.11. The van der Waals surface area contributed by atoms with Gasteiger partial charge in [-0.15, -0.1) is 0 Å². The third-order valence-electron chi connectivity index (χ3n) is 3.34. The molecule has 2 rings (SSSR count). The monoisotopic (exact) mass is 271 g/mol. The van der Waals surface area contributed by atoms with E-state index >= 15 is 0 Å². The largest absolute Gasteiger partial charge is 0.497 e. The van der Waals surface area contributed by atoms with Crippen LogP contribution < -0.4 is 4.74 Å². The summed E-state index contributed by atoms with van der Waals surface area (Å²) in [4.78, 5) is 4.40. The molecule has 0 aromatic carbocycles. The van der Waals surface area contributed by atoms with E-state index in [0.29, 0.717) is 5.92 Å². The third kappa shape index (κ3) is 3.53. The maximum absolute atomic E-state index is 5.23. The predicted molar refractivity (Wildman–Crippen MR) is 79.0 cm³/mol. The van der Waals surface area contributed by atoms with Crippen molar-refractivity contribution in [1.29, 1.82) is 0 Å². The molecule has 0 aliphatic rings. The van der Waals surface area contributed by atoms with Gasteiger partial charge in [-0.2, -0.15) is 10.2 Å². The van der Waals surface area contributed by atoms with E-state index < -0.39 is 0 Å². The summed E-state index contributed by atoms with van der Waals surface area (Å²) >= 11 is 0. The van der Waals surface area contributed by atoms with Crippen molar-refractivity contribution >= 4 is 0 Å². The predicted octanol–water partition coefficient (Wildman–Crippen LogP) is 3.35. The summed E-state index contributed by atoms with van der Waals surface area (Å²) in [5.74, 6) is 1.53. The first-order valence-corrected chi connectivity index (χ1v) is 6.92. The van der Waals surface area contributed by atoms with Crippen molar-refractivity contribution in [3.8, 4) is 5.75 Å². The fraction of sp³-hybridized carbons (Fsp3) is 0.438. The first-order chi connectivity index (χ1) is 9.60. The second-order valence-corrected chi connectivity index (χ2v) is 5.33. The molecule has 4 heteroatoms. The van der Waals surface area contributed by atoms with Gasteiger partial charge in [0.1, 0.15) is 5.75 Å². The summed E-state index contributed by atoms with van der Waals surface area (Å²) in [5, 5.41) is 8.56. The molecule has 0 saturated carbocycles. The molecule has 2 heterocycles. The first-order valence-electron chi connectivity index (χ1n) is 6.92. The Morgan fingerprint density at radius 1 is 1.05 bits per heavy atom. The Balaban J connectivity index is 2.08. The molecule has 20 heavy (non-hydrogen) atoms. The summed E-state index contributed by atoms with van der Waals surface area (Å²) in [6.45, 7) is 6.37. The van der Waals surface area contributed by atoms with Gasteiger partial charge < -0.3 is 4.74 Å². The lowest BCUT2D eigenvalue weighted by Crippen LogP contribution is -2.05. The summed E-state index contributed by atoms with van der Waals surface area (Å²) < 4.78 is 5.23. The van der Waals surface area contributed by atoms with Crippen LogP contribution in [0, 0.1) is 0 Å². The summed E-state index contributed by atoms with van der Waals surface area (Å²) in [7, 11) is 1.67. The fourth-order valence-corrected chi connectivity index (χ4v) is 2.03. The number of ether oxygens (including phenoxy) is 1. The van der Waals surface area contributed by atoms with E-state index in [4.69, 9.17) is 4.74 Å². The Kier molecular flexibility index (Phi) is 4.66. The topological polar surface area (TPSA) is 47.9 Å². The number of hydrogen-bond donors (Lipinski definition) is 0. The summed E-state index contributed by atoms with van der Waals surface area (Å²) in [5.41, 5.74) is 3.03. The zero-order chi connectivity index (χ0) is 14.5. The Labute approximate surface area is 120 Å². The lowest BCUT2D eigenvalue weighted by molar-refractivity contribution is 0.413. The number of aromatic nitrogens is 3. The highest BCUT2D eigenvalue weighted by Gasteiger charge is 2.11. The smallest absolute Gasteiger partial charge is 0.122 e. The number of rotatable bonds is 5. The van der Waals surface area contributed by atoms with E-state index in [0.717, 1.165) is 29.3 Å². The van der Waals surface area contributed by atoms with E-state index in [1.807, 2.05) is 12.1 Å². The Morgan fingerprint density at radius 3 is 2.45 bits per heavy atom. The maximum atomic E-state index is 5.23. The molecule has 0 fully saturated rings. The summed E-state index contributed by atoms with van der Waals surface area (Å²) in [6.07, 6.45) is 2.60. The highest BCUT2D eigenvalue weighted by atomic mass is 16.5. The minimum atomic E-state index is 0.282. The molecular weight excluding hydrogens is 250 g/mol.